The quantitative estimate of drug-likeness (QED) is 0.0688. The minimum absolute atomic E-state index is 0.0228. The molecule has 5 aromatic carbocycles. The molecule has 2 N–H and O–H groups in total. The number of benzene rings is 5. The number of nitrogens with one attached hydrogen (secondary N) is 1. The van der Waals surface area contributed by atoms with E-state index in [1.807, 2.05) is 98.8 Å². The standard InChI is InChI=1S/C31H32N2O7.C24H28N2O4/c1-21-27(32-28(39-21)23-8-6-5-7-9-23)18-19-38-25-12-10-22(11-13-25)20-33(31(2,3)29(34)35)30(36)40-26-16-14-24(37-4)15-17-26;1-17-21(26-22(30-17)19-8-6-5-7-9-19)14-15-29-20-12-10-18(11-13-20)16-25-24(2,3)23(27)28-4/h5-17H,18-20H2,1-4H3,(H,34,35);5-13,25H,14-16H2,1-4H3. The summed E-state index contributed by atoms with van der Waals surface area (Å²) >= 11 is 0. The largest absolute Gasteiger partial charge is 0.497 e. The number of methoxy groups -OCH3 is 2. The Morgan fingerprint density at radius 1 is 0.614 bits per heavy atom. The molecular formula is C55H60N4O11. The van der Waals surface area contributed by atoms with E-state index < -0.39 is 23.1 Å². The Morgan fingerprint density at radius 2 is 1.06 bits per heavy atom. The monoisotopic (exact) mass is 952 g/mol. The second-order valence-corrected chi connectivity index (χ2v) is 17.2. The van der Waals surface area contributed by atoms with Crippen LogP contribution in [0.1, 0.15) is 61.7 Å². The van der Waals surface area contributed by atoms with Crippen molar-refractivity contribution in [3.8, 4) is 45.9 Å². The van der Waals surface area contributed by atoms with Gasteiger partial charge in [-0.05, 0) is 125 Å². The van der Waals surface area contributed by atoms with E-state index in [1.54, 1.807) is 62.4 Å². The maximum atomic E-state index is 13.1. The molecule has 2 aromatic heterocycles. The van der Waals surface area contributed by atoms with E-state index in [4.69, 9.17) is 32.5 Å². The van der Waals surface area contributed by atoms with Crippen LogP contribution in [0.15, 0.2) is 142 Å². The van der Waals surface area contributed by atoms with Gasteiger partial charge in [-0.25, -0.2) is 19.6 Å². The lowest BCUT2D eigenvalue weighted by Crippen LogP contribution is -2.53. The number of amides is 1. The number of carboxylic acid groups (broad SMARTS) is 1. The average molecular weight is 953 g/mol. The van der Waals surface area contributed by atoms with E-state index in [2.05, 4.69) is 15.3 Å². The predicted octanol–water partition coefficient (Wildman–Crippen LogP) is 10.5. The summed E-state index contributed by atoms with van der Waals surface area (Å²) in [5.41, 5.74) is 3.13. The van der Waals surface area contributed by atoms with Crippen LogP contribution in [0.25, 0.3) is 22.9 Å². The second kappa shape index (κ2) is 23.9. The normalized spacial score (nSPS) is 11.2. The van der Waals surface area contributed by atoms with Crippen LogP contribution in [0, 0.1) is 13.8 Å². The number of hydrogen-bond acceptors (Lipinski definition) is 13. The molecule has 7 aromatic rings. The summed E-state index contributed by atoms with van der Waals surface area (Å²) in [4.78, 5) is 47.2. The third-order valence-corrected chi connectivity index (χ3v) is 11.3. The Balaban J connectivity index is 0.000000239. The molecule has 7 rings (SSSR count). The van der Waals surface area contributed by atoms with Crippen LogP contribution in [-0.2, 0) is 40.3 Å². The number of ether oxygens (including phenoxy) is 5. The molecule has 15 nitrogen and oxygen atoms in total. The van der Waals surface area contributed by atoms with Gasteiger partial charge in [-0.15, -0.1) is 0 Å². The number of esters is 1. The summed E-state index contributed by atoms with van der Waals surface area (Å²) in [6.07, 6.45) is 0.455. The third-order valence-electron chi connectivity index (χ3n) is 11.3. The summed E-state index contributed by atoms with van der Waals surface area (Å²) in [5.74, 6) is 3.64. The molecule has 0 spiro atoms. The third kappa shape index (κ3) is 14.1. The van der Waals surface area contributed by atoms with Gasteiger partial charge >= 0.3 is 18.0 Å². The topological polar surface area (TPSA) is 185 Å². The van der Waals surface area contributed by atoms with Crippen molar-refractivity contribution in [2.45, 2.75) is 78.6 Å². The number of aromatic nitrogens is 2. The lowest BCUT2D eigenvalue weighted by atomic mass is 10.0. The summed E-state index contributed by atoms with van der Waals surface area (Å²) in [6.45, 7) is 11.8. The van der Waals surface area contributed by atoms with Gasteiger partial charge in [-0.3, -0.25) is 15.0 Å². The molecule has 0 unspecified atom stereocenters. The number of hydrogen-bond donors (Lipinski definition) is 2. The number of rotatable bonds is 20. The molecule has 2 heterocycles. The SMILES string of the molecule is COC(=O)C(C)(C)NCc1ccc(OCCc2nc(-c3ccccc3)oc2C)cc1.COc1ccc(OC(=O)N(Cc2ccc(OCCc3nc(-c4ccccc4)oc3C)cc2)C(C)(C)C(=O)O)cc1. The zero-order valence-electron chi connectivity index (χ0n) is 40.8. The zero-order chi connectivity index (χ0) is 50.3. The van der Waals surface area contributed by atoms with E-state index >= 15 is 0 Å². The van der Waals surface area contributed by atoms with Crippen molar-refractivity contribution in [2.75, 3.05) is 27.4 Å². The summed E-state index contributed by atoms with van der Waals surface area (Å²) in [5, 5.41) is 13.0. The first kappa shape index (κ1) is 51.5. The molecule has 0 bridgehead atoms. The summed E-state index contributed by atoms with van der Waals surface area (Å²) in [7, 11) is 2.93. The first-order valence-electron chi connectivity index (χ1n) is 22.7. The molecule has 0 atom stereocenters. The minimum atomic E-state index is -1.52. The van der Waals surface area contributed by atoms with Gasteiger partial charge in [0.05, 0.1) is 45.4 Å². The molecule has 0 saturated carbocycles. The molecular weight excluding hydrogens is 893 g/mol. The number of aliphatic carboxylic acids is 1. The van der Waals surface area contributed by atoms with Crippen molar-refractivity contribution in [3.05, 3.63) is 167 Å². The molecule has 0 aliphatic carbocycles. The number of carboxylic acids is 1. The van der Waals surface area contributed by atoms with Gasteiger partial charge in [-0.2, -0.15) is 0 Å². The van der Waals surface area contributed by atoms with Crippen LogP contribution in [0.2, 0.25) is 0 Å². The van der Waals surface area contributed by atoms with Gasteiger partial charge in [0.15, 0.2) is 0 Å². The first-order valence-corrected chi connectivity index (χ1v) is 22.7. The van der Waals surface area contributed by atoms with Gasteiger partial charge in [0.25, 0.3) is 0 Å². The maximum Gasteiger partial charge on any atom is 0.416 e. The van der Waals surface area contributed by atoms with Crippen molar-refractivity contribution >= 4 is 18.0 Å². The fourth-order valence-corrected chi connectivity index (χ4v) is 6.89. The first-order chi connectivity index (χ1) is 33.6. The highest BCUT2D eigenvalue weighted by molar-refractivity contribution is 5.84. The van der Waals surface area contributed by atoms with Crippen molar-refractivity contribution < 1.29 is 52.0 Å². The smallest absolute Gasteiger partial charge is 0.416 e. The maximum absolute atomic E-state index is 13.1. The molecule has 0 fully saturated rings. The lowest BCUT2D eigenvalue weighted by molar-refractivity contribution is -0.148. The minimum Gasteiger partial charge on any atom is -0.497 e. The van der Waals surface area contributed by atoms with Crippen molar-refractivity contribution in [3.63, 3.8) is 0 Å². The summed E-state index contributed by atoms with van der Waals surface area (Å²) in [6, 6.07) is 41.0. The fraction of sp³-hybridized carbons (Fsp3) is 0.291. The molecule has 1 amide bonds. The highest BCUT2D eigenvalue weighted by Gasteiger charge is 2.39. The van der Waals surface area contributed by atoms with Gasteiger partial charge in [0, 0.05) is 30.5 Å². The Hall–Kier alpha value is -7.91. The molecule has 0 saturated heterocycles. The van der Waals surface area contributed by atoms with Crippen molar-refractivity contribution in [2.24, 2.45) is 0 Å². The molecule has 366 valence electrons. The van der Waals surface area contributed by atoms with Crippen LogP contribution in [0.5, 0.6) is 23.0 Å². The Kier molecular flexibility index (Phi) is 17.6. The highest BCUT2D eigenvalue weighted by Crippen LogP contribution is 2.26. The lowest BCUT2D eigenvalue weighted by Gasteiger charge is -2.34. The Morgan fingerprint density at radius 3 is 1.50 bits per heavy atom. The van der Waals surface area contributed by atoms with E-state index in [0.29, 0.717) is 61.4 Å². The Labute approximate surface area is 408 Å². The van der Waals surface area contributed by atoms with Crippen LogP contribution in [0.4, 0.5) is 4.79 Å². The van der Waals surface area contributed by atoms with Gasteiger partial charge in [0.2, 0.25) is 11.8 Å². The van der Waals surface area contributed by atoms with Gasteiger partial charge in [-0.1, -0.05) is 60.7 Å². The van der Waals surface area contributed by atoms with E-state index in [1.165, 1.54) is 33.0 Å². The number of oxazole rings is 2. The van der Waals surface area contributed by atoms with Gasteiger partial charge < -0.3 is 37.6 Å². The predicted molar refractivity (Wildman–Crippen MR) is 264 cm³/mol. The molecule has 0 aliphatic rings. The van der Waals surface area contributed by atoms with Crippen molar-refractivity contribution in [1.82, 2.24) is 20.2 Å². The van der Waals surface area contributed by atoms with Crippen LogP contribution in [-0.4, -0.2) is 76.5 Å². The van der Waals surface area contributed by atoms with E-state index in [9.17, 15) is 19.5 Å². The van der Waals surface area contributed by atoms with E-state index in [0.717, 1.165) is 45.3 Å². The fourth-order valence-electron chi connectivity index (χ4n) is 6.89. The molecule has 0 radical (unpaired) electrons. The number of nitrogens with zero attached hydrogens (tertiary/aromatic N) is 3. The van der Waals surface area contributed by atoms with E-state index in [-0.39, 0.29) is 18.3 Å². The second-order valence-electron chi connectivity index (χ2n) is 17.2. The Bertz CT molecular complexity index is 2770. The molecule has 0 aliphatic heterocycles. The highest BCUT2D eigenvalue weighted by atomic mass is 16.6. The van der Waals surface area contributed by atoms with Crippen LogP contribution >= 0.6 is 0 Å². The number of carbonyl (C=O) groups excluding carboxylic acids is 2. The van der Waals surface area contributed by atoms with Crippen molar-refractivity contribution in [1.29, 1.82) is 0 Å². The zero-order valence-corrected chi connectivity index (χ0v) is 40.8. The molecule has 70 heavy (non-hydrogen) atoms. The average Bonchev–Trinajstić information content (AvgIpc) is 3.94. The molecule has 15 heteroatoms. The van der Waals surface area contributed by atoms with Crippen LogP contribution in [0.3, 0.4) is 0 Å². The number of aryl methyl sites for hydroxylation is 2. The van der Waals surface area contributed by atoms with Gasteiger partial charge in [0.1, 0.15) is 45.6 Å². The number of carbonyl (C=O) groups is 3. The van der Waals surface area contributed by atoms with Crippen LogP contribution < -0.4 is 24.3 Å². The summed E-state index contributed by atoms with van der Waals surface area (Å²) < 4.78 is 38.8.